The van der Waals surface area contributed by atoms with Crippen molar-refractivity contribution in [3.05, 3.63) is 52.1 Å². The van der Waals surface area contributed by atoms with Gasteiger partial charge in [0.05, 0.1) is 20.0 Å². The fraction of sp³-hybridized carbons (Fsp3) is 0.350. The van der Waals surface area contributed by atoms with Gasteiger partial charge in [-0.05, 0) is 56.3 Å². The molecular weight excluding hydrogens is 474 g/mol. The minimum atomic E-state index is -3.79. The molecule has 0 saturated heterocycles. The van der Waals surface area contributed by atoms with Crippen molar-refractivity contribution in [2.45, 2.75) is 29.7 Å². The smallest absolute Gasteiger partial charge is 0.308 e. The maximum absolute atomic E-state index is 12.6. The third-order valence-electron chi connectivity index (χ3n) is 4.68. The molecule has 32 heavy (non-hydrogen) atoms. The van der Waals surface area contributed by atoms with Gasteiger partial charge in [-0.2, -0.15) is 0 Å². The Balaban J connectivity index is 1.63. The third kappa shape index (κ3) is 5.04. The molecule has 0 amide bonds. The Kier molecular flexibility index (Phi) is 7.10. The van der Waals surface area contributed by atoms with Crippen LogP contribution >= 0.6 is 11.3 Å². The first-order valence-electron chi connectivity index (χ1n) is 9.73. The molecule has 9 nitrogen and oxygen atoms in total. The van der Waals surface area contributed by atoms with E-state index in [0.717, 1.165) is 15.6 Å². The zero-order chi connectivity index (χ0) is 23.7. The standard InChI is InChI=1S/C20H25N3O6S3/c1-14(2)23-18-10-9-17(13-19(18)30-20(23)24)31(25,26)21-11-12-29-15-5-7-16(8-6-15)32(27,28)22(3)4/h5-10,13-14,21H,11-12H2,1-4H3. The highest BCUT2D eigenvalue weighted by molar-refractivity contribution is 7.89. The predicted molar refractivity (Wildman–Crippen MR) is 124 cm³/mol. The van der Waals surface area contributed by atoms with Crippen molar-refractivity contribution in [1.82, 2.24) is 13.6 Å². The molecule has 0 bridgehead atoms. The number of hydrogen-bond acceptors (Lipinski definition) is 7. The molecule has 0 aliphatic carbocycles. The van der Waals surface area contributed by atoms with Gasteiger partial charge in [-0.3, -0.25) is 9.36 Å². The van der Waals surface area contributed by atoms with Crippen LogP contribution < -0.4 is 14.3 Å². The summed E-state index contributed by atoms with van der Waals surface area (Å²) in [5.41, 5.74) is 0.706. The van der Waals surface area contributed by atoms with Gasteiger partial charge in [-0.1, -0.05) is 11.3 Å². The first-order chi connectivity index (χ1) is 14.9. The Morgan fingerprint density at radius 1 is 1.03 bits per heavy atom. The molecule has 174 valence electrons. The van der Waals surface area contributed by atoms with E-state index in [2.05, 4.69) is 4.72 Å². The molecule has 0 aliphatic heterocycles. The molecule has 0 saturated carbocycles. The largest absolute Gasteiger partial charge is 0.492 e. The van der Waals surface area contributed by atoms with Gasteiger partial charge in [0.25, 0.3) is 0 Å². The zero-order valence-electron chi connectivity index (χ0n) is 18.1. The van der Waals surface area contributed by atoms with Crippen molar-refractivity contribution < 1.29 is 21.6 Å². The number of fused-ring (bicyclic) bond motifs is 1. The Morgan fingerprint density at radius 3 is 2.25 bits per heavy atom. The quantitative estimate of drug-likeness (QED) is 0.452. The molecule has 0 fully saturated rings. The molecule has 1 N–H and O–H groups in total. The topological polar surface area (TPSA) is 115 Å². The number of nitrogens with one attached hydrogen (secondary N) is 1. The van der Waals surface area contributed by atoms with Crippen molar-refractivity contribution in [2.75, 3.05) is 27.2 Å². The number of aromatic nitrogens is 1. The third-order valence-corrected chi connectivity index (χ3v) is 8.88. The Morgan fingerprint density at radius 2 is 1.66 bits per heavy atom. The number of sulfonamides is 2. The summed E-state index contributed by atoms with van der Waals surface area (Å²) in [5, 5.41) is 0. The second-order valence-corrected chi connectivity index (χ2v) is 12.4. The molecule has 0 unspecified atom stereocenters. The van der Waals surface area contributed by atoms with Crippen LogP contribution in [0.2, 0.25) is 0 Å². The van der Waals surface area contributed by atoms with E-state index in [1.54, 1.807) is 10.6 Å². The first kappa shape index (κ1) is 24.4. The lowest BCUT2D eigenvalue weighted by Gasteiger charge is -2.12. The van der Waals surface area contributed by atoms with Crippen LogP contribution in [0.1, 0.15) is 19.9 Å². The molecule has 0 aliphatic rings. The van der Waals surface area contributed by atoms with Crippen molar-refractivity contribution >= 4 is 41.6 Å². The molecule has 1 heterocycles. The number of nitrogens with zero attached hydrogens (tertiary/aromatic N) is 2. The molecule has 2 aromatic carbocycles. The van der Waals surface area contributed by atoms with Crippen LogP contribution in [0, 0.1) is 0 Å². The van der Waals surface area contributed by atoms with E-state index in [4.69, 9.17) is 4.74 Å². The van der Waals surface area contributed by atoms with E-state index in [-0.39, 0.29) is 33.9 Å². The van der Waals surface area contributed by atoms with Crippen LogP contribution in [-0.2, 0) is 20.0 Å². The highest BCUT2D eigenvalue weighted by atomic mass is 32.2. The molecular formula is C20H25N3O6S3. The Labute approximate surface area is 191 Å². The number of ether oxygens (including phenoxy) is 1. The summed E-state index contributed by atoms with van der Waals surface area (Å²) in [5.74, 6) is 0.420. The van der Waals surface area contributed by atoms with E-state index in [1.807, 2.05) is 13.8 Å². The fourth-order valence-electron chi connectivity index (χ4n) is 3.02. The Bertz CT molecular complexity index is 1370. The summed E-state index contributed by atoms with van der Waals surface area (Å²) in [7, 11) is -4.41. The van der Waals surface area contributed by atoms with Gasteiger partial charge in [0.2, 0.25) is 20.0 Å². The van der Waals surface area contributed by atoms with Crippen LogP contribution in [-0.4, -0.2) is 53.0 Å². The highest BCUT2D eigenvalue weighted by Crippen LogP contribution is 2.24. The lowest BCUT2D eigenvalue weighted by atomic mass is 10.3. The maximum atomic E-state index is 12.6. The van der Waals surface area contributed by atoms with Gasteiger partial charge in [-0.25, -0.2) is 25.9 Å². The van der Waals surface area contributed by atoms with E-state index < -0.39 is 20.0 Å². The van der Waals surface area contributed by atoms with Gasteiger partial charge in [0, 0.05) is 26.7 Å². The summed E-state index contributed by atoms with van der Waals surface area (Å²) >= 11 is 1.01. The minimum Gasteiger partial charge on any atom is -0.492 e. The van der Waals surface area contributed by atoms with E-state index in [1.165, 1.54) is 50.5 Å². The number of hydrogen-bond donors (Lipinski definition) is 1. The molecule has 3 aromatic rings. The predicted octanol–water partition coefficient (Wildman–Crippen LogP) is 2.25. The summed E-state index contributed by atoms with van der Waals surface area (Å²) in [4.78, 5) is 12.2. The SMILES string of the molecule is CC(C)n1c(=O)sc2cc(S(=O)(=O)NCCOc3ccc(S(=O)(=O)N(C)C)cc3)ccc21. The van der Waals surface area contributed by atoms with Crippen molar-refractivity contribution in [2.24, 2.45) is 0 Å². The van der Waals surface area contributed by atoms with Crippen LogP contribution in [0.25, 0.3) is 10.2 Å². The average Bonchev–Trinajstić information content (AvgIpc) is 3.06. The average molecular weight is 500 g/mol. The molecule has 12 heteroatoms. The molecule has 0 spiro atoms. The normalized spacial score (nSPS) is 12.7. The first-order valence-corrected chi connectivity index (χ1v) is 13.5. The second-order valence-electron chi connectivity index (χ2n) is 7.47. The van der Waals surface area contributed by atoms with Crippen LogP contribution in [0.5, 0.6) is 5.75 Å². The Hall–Kier alpha value is -2.25. The summed E-state index contributed by atoms with van der Waals surface area (Å²) in [6.45, 7) is 3.86. The van der Waals surface area contributed by atoms with Gasteiger partial charge < -0.3 is 4.74 Å². The second kappa shape index (κ2) is 9.32. The zero-order valence-corrected chi connectivity index (χ0v) is 20.6. The van der Waals surface area contributed by atoms with E-state index >= 15 is 0 Å². The van der Waals surface area contributed by atoms with Crippen molar-refractivity contribution in [3.8, 4) is 5.75 Å². The van der Waals surface area contributed by atoms with Gasteiger partial charge in [0.15, 0.2) is 0 Å². The minimum absolute atomic E-state index is 0.0152. The van der Waals surface area contributed by atoms with Gasteiger partial charge in [-0.15, -0.1) is 0 Å². The number of thiazole rings is 1. The van der Waals surface area contributed by atoms with Crippen LogP contribution in [0.3, 0.4) is 0 Å². The molecule has 1 aromatic heterocycles. The molecule has 3 rings (SSSR count). The highest BCUT2D eigenvalue weighted by Gasteiger charge is 2.18. The lowest BCUT2D eigenvalue weighted by Crippen LogP contribution is -2.28. The maximum Gasteiger partial charge on any atom is 0.308 e. The molecule has 0 radical (unpaired) electrons. The summed E-state index contributed by atoms with van der Waals surface area (Å²) < 4.78 is 60.7. The summed E-state index contributed by atoms with van der Waals surface area (Å²) in [6.07, 6.45) is 0. The number of benzene rings is 2. The van der Waals surface area contributed by atoms with Crippen molar-refractivity contribution in [3.63, 3.8) is 0 Å². The van der Waals surface area contributed by atoms with Crippen LogP contribution in [0.4, 0.5) is 0 Å². The van der Waals surface area contributed by atoms with E-state index in [9.17, 15) is 21.6 Å². The van der Waals surface area contributed by atoms with Crippen LogP contribution in [0.15, 0.2) is 57.1 Å². The monoisotopic (exact) mass is 499 g/mol. The van der Waals surface area contributed by atoms with E-state index in [0.29, 0.717) is 16.0 Å². The van der Waals surface area contributed by atoms with Gasteiger partial charge >= 0.3 is 4.87 Å². The molecule has 0 atom stereocenters. The van der Waals surface area contributed by atoms with Crippen molar-refractivity contribution in [1.29, 1.82) is 0 Å². The summed E-state index contributed by atoms with van der Waals surface area (Å²) in [6, 6.07) is 10.5. The van der Waals surface area contributed by atoms with Gasteiger partial charge in [0.1, 0.15) is 12.4 Å². The fourth-order valence-corrected chi connectivity index (χ4v) is 6.09. The number of rotatable bonds is 9. The lowest BCUT2D eigenvalue weighted by molar-refractivity contribution is 0.322.